The third-order valence-corrected chi connectivity index (χ3v) is 4.26. The van der Waals surface area contributed by atoms with Crippen LogP contribution >= 0.6 is 0 Å². The van der Waals surface area contributed by atoms with Crippen LogP contribution in [0.5, 0.6) is 0 Å². The average Bonchev–Trinajstić information content (AvgIpc) is 2.19. The van der Waals surface area contributed by atoms with Crippen LogP contribution < -0.4 is 0 Å². The lowest BCUT2D eigenvalue weighted by molar-refractivity contribution is 0.132. The minimum atomic E-state index is -0.541. The van der Waals surface area contributed by atoms with Gasteiger partial charge in [0.25, 0.3) is 0 Å². The number of hydrogen-bond donors (Lipinski definition) is 0. The van der Waals surface area contributed by atoms with Crippen LogP contribution in [0.15, 0.2) is 11.6 Å². The van der Waals surface area contributed by atoms with Gasteiger partial charge in [-0.05, 0) is 49.9 Å². The zero-order valence-corrected chi connectivity index (χ0v) is 9.35. The highest BCUT2D eigenvalue weighted by atomic mass is 19.1. The molecular weight excluding hydrogens is 175 g/mol. The van der Waals surface area contributed by atoms with E-state index in [0.717, 1.165) is 31.6 Å². The monoisotopic (exact) mass is 196 g/mol. The van der Waals surface area contributed by atoms with Crippen LogP contribution in [0, 0.1) is 11.3 Å². The molecule has 0 saturated heterocycles. The summed E-state index contributed by atoms with van der Waals surface area (Å²) in [6, 6.07) is 0. The van der Waals surface area contributed by atoms with Crippen LogP contribution in [0.25, 0.3) is 0 Å². The van der Waals surface area contributed by atoms with Crippen molar-refractivity contribution in [3.63, 3.8) is 0 Å². The minimum absolute atomic E-state index is 0.254. The fraction of sp³-hybridized carbons (Fsp3) is 0.846. The second-order valence-electron chi connectivity index (χ2n) is 5.18. The average molecular weight is 196 g/mol. The Bertz CT molecular complexity index is 244. The Labute approximate surface area is 86.6 Å². The minimum Gasteiger partial charge on any atom is -0.247 e. The van der Waals surface area contributed by atoms with Crippen LogP contribution in [0.1, 0.15) is 52.4 Å². The SMILES string of the molecule is CC[C@@]12CC[C@@H](C)C=C1CC[C@@H](F)C2. The summed E-state index contributed by atoms with van der Waals surface area (Å²) in [4.78, 5) is 0. The second-order valence-corrected chi connectivity index (χ2v) is 5.18. The fourth-order valence-corrected chi connectivity index (χ4v) is 3.24. The Morgan fingerprint density at radius 1 is 1.50 bits per heavy atom. The molecule has 2 rings (SSSR count). The van der Waals surface area contributed by atoms with Crippen LogP contribution in [0.4, 0.5) is 4.39 Å². The summed E-state index contributed by atoms with van der Waals surface area (Å²) in [5.74, 6) is 0.723. The van der Waals surface area contributed by atoms with Gasteiger partial charge in [0.2, 0.25) is 0 Å². The molecule has 0 heterocycles. The summed E-state index contributed by atoms with van der Waals surface area (Å²) >= 11 is 0. The molecule has 0 aromatic carbocycles. The first-order valence-corrected chi connectivity index (χ1v) is 6.01. The van der Waals surface area contributed by atoms with Crippen molar-refractivity contribution in [2.75, 3.05) is 0 Å². The van der Waals surface area contributed by atoms with E-state index in [1.807, 2.05) is 0 Å². The van der Waals surface area contributed by atoms with Crippen molar-refractivity contribution in [3.8, 4) is 0 Å². The molecule has 0 N–H and O–H groups in total. The van der Waals surface area contributed by atoms with E-state index in [1.165, 1.54) is 12.8 Å². The molecule has 1 fully saturated rings. The lowest BCUT2D eigenvalue weighted by Gasteiger charge is -2.44. The van der Waals surface area contributed by atoms with E-state index in [-0.39, 0.29) is 5.41 Å². The van der Waals surface area contributed by atoms with Crippen LogP contribution in [0.2, 0.25) is 0 Å². The standard InChI is InChI=1S/C13H21F/c1-3-13-7-6-10(2)8-11(13)4-5-12(14)9-13/h8,10,12H,3-7,9H2,1-2H3/t10-,12-,13+/m1/s1. The smallest absolute Gasteiger partial charge is 0.101 e. The lowest BCUT2D eigenvalue weighted by atomic mass is 9.61. The molecule has 1 heteroatoms. The molecule has 0 unspecified atom stereocenters. The van der Waals surface area contributed by atoms with E-state index in [0.29, 0.717) is 0 Å². The molecular formula is C13H21F. The maximum atomic E-state index is 13.5. The molecule has 14 heavy (non-hydrogen) atoms. The lowest BCUT2D eigenvalue weighted by Crippen LogP contribution is -2.34. The van der Waals surface area contributed by atoms with Crippen molar-refractivity contribution >= 4 is 0 Å². The Hall–Kier alpha value is -0.330. The van der Waals surface area contributed by atoms with Crippen molar-refractivity contribution in [2.24, 2.45) is 11.3 Å². The molecule has 80 valence electrons. The molecule has 2 aliphatic carbocycles. The third kappa shape index (κ3) is 1.62. The summed E-state index contributed by atoms with van der Waals surface area (Å²) in [6.45, 7) is 4.51. The summed E-state index contributed by atoms with van der Waals surface area (Å²) in [5.41, 5.74) is 1.83. The molecule has 0 amide bonds. The normalized spacial score (nSPS) is 42.9. The Morgan fingerprint density at radius 2 is 2.29 bits per heavy atom. The molecule has 0 bridgehead atoms. The van der Waals surface area contributed by atoms with Gasteiger partial charge in [0.05, 0.1) is 0 Å². The van der Waals surface area contributed by atoms with Crippen molar-refractivity contribution in [3.05, 3.63) is 11.6 Å². The van der Waals surface area contributed by atoms with Gasteiger partial charge in [-0.2, -0.15) is 0 Å². The fourth-order valence-electron chi connectivity index (χ4n) is 3.24. The number of allylic oxidation sites excluding steroid dienone is 2. The van der Waals surface area contributed by atoms with Crippen molar-refractivity contribution in [1.29, 1.82) is 0 Å². The van der Waals surface area contributed by atoms with Gasteiger partial charge in [-0.1, -0.05) is 25.5 Å². The number of alkyl halides is 1. The number of hydrogen-bond acceptors (Lipinski definition) is 0. The molecule has 0 aliphatic heterocycles. The van der Waals surface area contributed by atoms with Crippen LogP contribution in [-0.4, -0.2) is 6.17 Å². The molecule has 0 nitrogen and oxygen atoms in total. The number of rotatable bonds is 1. The van der Waals surface area contributed by atoms with Gasteiger partial charge < -0.3 is 0 Å². The molecule has 1 saturated carbocycles. The van der Waals surface area contributed by atoms with E-state index in [1.54, 1.807) is 5.57 Å². The van der Waals surface area contributed by atoms with Gasteiger partial charge in [0.15, 0.2) is 0 Å². The second kappa shape index (κ2) is 3.67. The van der Waals surface area contributed by atoms with E-state index in [2.05, 4.69) is 19.9 Å². The van der Waals surface area contributed by atoms with E-state index in [4.69, 9.17) is 0 Å². The van der Waals surface area contributed by atoms with Crippen LogP contribution in [0.3, 0.4) is 0 Å². The van der Waals surface area contributed by atoms with Crippen molar-refractivity contribution in [1.82, 2.24) is 0 Å². The molecule has 0 aromatic rings. The number of halogens is 1. The highest BCUT2D eigenvalue weighted by Crippen LogP contribution is 2.51. The largest absolute Gasteiger partial charge is 0.247 e. The predicted octanol–water partition coefficient (Wildman–Crippen LogP) is 4.26. The van der Waals surface area contributed by atoms with E-state index >= 15 is 0 Å². The van der Waals surface area contributed by atoms with Gasteiger partial charge in [-0.3, -0.25) is 0 Å². The van der Waals surface area contributed by atoms with Crippen molar-refractivity contribution < 1.29 is 4.39 Å². The summed E-state index contributed by atoms with van der Waals surface area (Å²) in [6.07, 6.45) is 8.06. The molecule has 0 spiro atoms. The third-order valence-electron chi connectivity index (χ3n) is 4.26. The predicted molar refractivity (Wildman–Crippen MR) is 58.0 cm³/mol. The highest BCUT2D eigenvalue weighted by Gasteiger charge is 2.40. The molecule has 0 aromatic heterocycles. The Morgan fingerprint density at radius 3 is 3.00 bits per heavy atom. The van der Waals surface area contributed by atoms with Gasteiger partial charge in [0.1, 0.15) is 6.17 Å². The van der Waals surface area contributed by atoms with Crippen molar-refractivity contribution in [2.45, 2.75) is 58.5 Å². The Kier molecular flexibility index (Phi) is 2.68. The quantitative estimate of drug-likeness (QED) is 0.550. The number of fused-ring (bicyclic) bond motifs is 1. The van der Waals surface area contributed by atoms with Gasteiger partial charge in [-0.15, -0.1) is 0 Å². The Balaban J connectivity index is 2.25. The van der Waals surface area contributed by atoms with E-state index < -0.39 is 6.17 Å². The first kappa shape index (κ1) is 10.2. The summed E-state index contributed by atoms with van der Waals surface area (Å²) in [5, 5.41) is 0. The van der Waals surface area contributed by atoms with E-state index in [9.17, 15) is 4.39 Å². The van der Waals surface area contributed by atoms with Gasteiger partial charge in [-0.25, -0.2) is 4.39 Å². The summed E-state index contributed by atoms with van der Waals surface area (Å²) < 4.78 is 13.5. The maximum absolute atomic E-state index is 13.5. The molecule has 3 atom stereocenters. The first-order chi connectivity index (χ1) is 6.66. The van der Waals surface area contributed by atoms with Gasteiger partial charge in [0, 0.05) is 0 Å². The summed E-state index contributed by atoms with van der Waals surface area (Å²) in [7, 11) is 0. The maximum Gasteiger partial charge on any atom is 0.101 e. The van der Waals surface area contributed by atoms with Crippen LogP contribution in [-0.2, 0) is 0 Å². The molecule has 0 radical (unpaired) electrons. The molecule has 2 aliphatic rings. The zero-order valence-electron chi connectivity index (χ0n) is 9.35. The van der Waals surface area contributed by atoms with Gasteiger partial charge >= 0.3 is 0 Å². The topological polar surface area (TPSA) is 0 Å². The zero-order chi connectivity index (χ0) is 10.2. The first-order valence-electron chi connectivity index (χ1n) is 6.01. The highest BCUT2D eigenvalue weighted by molar-refractivity contribution is 5.21.